The fourth-order valence-corrected chi connectivity index (χ4v) is 3.67. The Morgan fingerprint density at radius 1 is 1.00 bits per heavy atom. The molecule has 1 rings (SSSR count). The molecule has 0 saturated heterocycles. The van der Waals surface area contributed by atoms with Gasteiger partial charge in [-0.05, 0) is 56.8 Å². The fourth-order valence-electron chi connectivity index (χ4n) is 3.67. The molecular formula is C18H34O4. The van der Waals surface area contributed by atoms with E-state index in [1.165, 1.54) is 0 Å². The zero-order valence-electron chi connectivity index (χ0n) is 13.9. The Morgan fingerprint density at radius 3 is 2.23 bits per heavy atom. The van der Waals surface area contributed by atoms with E-state index in [0.717, 1.165) is 64.0 Å². The molecule has 0 spiro atoms. The van der Waals surface area contributed by atoms with Crippen molar-refractivity contribution >= 4 is 0 Å². The van der Waals surface area contributed by atoms with Crippen molar-refractivity contribution in [3.8, 4) is 0 Å². The highest BCUT2D eigenvalue weighted by molar-refractivity contribution is 4.91. The largest absolute Gasteiger partial charge is 0.516 e. The smallest absolute Gasteiger partial charge is 0.0751 e. The average molecular weight is 314 g/mol. The van der Waals surface area contributed by atoms with E-state index in [4.69, 9.17) is 5.11 Å². The van der Waals surface area contributed by atoms with E-state index in [0.29, 0.717) is 6.42 Å². The molecule has 22 heavy (non-hydrogen) atoms. The van der Waals surface area contributed by atoms with Crippen molar-refractivity contribution in [3.63, 3.8) is 0 Å². The minimum atomic E-state index is -0.393. The lowest BCUT2D eigenvalue weighted by atomic mass is 9.85. The van der Waals surface area contributed by atoms with Gasteiger partial charge in [0.15, 0.2) is 0 Å². The van der Waals surface area contributed by atoms with Gasteiger partial charge >= 0.3 is 0 Å². The topological polar surface area (TPSA) is 80.9 Å². The number of aliphatic hydroxyl groups is 4. The van der Waals surface area contributed by atoms with Gasteiger partial charge in [0.2, 0.25) is 0 Å². The van der Waals surface area contributed by atoms with Crippen LogP contribution in [0.1, 0.15) is 71.1 Å². The first-order valence-corrected chi connectivity index (χ1v) is 8.93. The SMILES string of the molecule is CCC(O)CCCC1C(O)CC(O)C1CCCCCC=CO. The van der Waals surface area contributed by atoms with E-state index >= 15 is 0 Å². The maximum Gasteiger partial charge on any atom is 0.0751 e. The third kappa shape index (κ3) is 6.67. The number of rotatable bonds is 11. The molecule has 0 aromatic carbocycles. The molecule has 0 radical (unpaired) electrons. The molecule has 5 atom stereocenters. The highest BCUT2D eigenvalue weighted by atomic mass is 16.3. The number of hydrogen-bond donors (Lipinski definition) is 4. The van der Waals surface area contributed by atoms with Crippen LogP contribution in [0.2, 0.25) is 0 Å². The summed E-state index contributed by atoms with van der Waals surface area (Å²) in [5.41, 5.74) is 0. The molecule has 0 heterocycles. The number of allylic oxidation sites excluding steroid dienone is 1. The Balaban J connectivity index is 2.30. The van der Waals surface area contributed by atoms with Crippen molar-refractivity contribution in [2.45, 2.75) is 89.4 Å². The molecule has 130 valence electrons. The van der Waals surface area contributed by atoms with Gasteiger partial charge in [0.05, 0.1) is 24.6 Å². The van der Waals surface area contributed by atoms with Crippen LogP contribution in [-0.4, -0.2) is 38.7 Å². The zero-order valence-corrected chi connectivity index (χ0v) is 13.9. The Hall–Kier alpha value is -0.580. The van der Waals surface area contributed by atoms with Crippen molar-refractivity contribution in [2.75, 3.05) is 0 Å². The van der Waals surface area contributed by atoms with Crippen molar-refractivity contribution < 1.29 is 20.4 Å². The third-order valence-electron chi connectivity index (χ3n) is 5.08. The monoisotopic (exact) mass is 314 g/mol. The van der Waals surface area contributed by atoms with E-state index in [-0.39, 0.29) is 24.0 Å². The normalized spacial score (nSPS) is 30.2. The summed E-state index contributed by atoms with van der Waals surface area (Å²) >= 11 is 0. The van der Waals surface area contributed by atoms with Crippen LogP contribution in [0.15, 0.2) is 12.3 Å². The van der Waals surface area contributed by atoms with Crippen LogP contribution in [0.3, 0.4) is 0 Å². The van der Waals surface area contributed by atoms with Gasteiger partial charge < -0.3 is 20.4 Å². The lowest BCUT2D eigenvalue weighted by molar-refractivity contribution is 0.0936. The minimum absolute atomic E-state index is 0.177. The highest BCUT2D eigenvalue weighted by Gasteiger charge is 2.40. The van der Waals surface area contributed by atoms with Crippen LogP contribution >= 0.6 is 0 Å². The first-order chi connectivity index (χ1) is 10.6. The second-order valence-electron chi connectivity index (χ2n) is 6.71. The van der Waals surface area contributed by atoms with Crippen molar-refractivity contribution in [3.05, 3.63) is 12.3 Å². The minimum Gasteiger partial charge on any atom is -0.516 e. The molecule has 5 unspecified atom stereocenters. The molecule has 1 fully saturated rings. The molecule has 4 N–H and O–H groups in total. The Morgan fingerprint density at radius 2 is 1.64 bits per heavy atom. The summed E-state index contributed by atoms with van der Waals surface area (Å²) in [5, 5.41) is 38.5. The highest BCUT2D eigenvalue weighted by Crippen LogP contribution is 2.39. The van der Waals surface area contributed by atoms with E-state index in [1.807, 2.05) is 6.92 Å². The van der Waals surface area contributed by atoms with Gasteiger partial charge in [0, 0.05) is 0 Å². The predicted octanol–water partition coefficient (Wildman–Crippen LogP) is 3.31. The van der Waals surface area contributed by atoms with Crippen molar-refractivity contribution in [1.29, 1.82) is 0 Å². The number of unbranched alkanes of at least 4 members (excludes halogenated alkanes) is 3. The van der Waals surface area contributed by atoms with E-state index < -0.39 is 6.10 Å². The molecule has 0 amide bonds. The van der Waals surface area contributed by atoms with Crippen LogP contribution in [0, 0.1) is 11.8 Å². The zero-order chi connectivity index (χ0) is 16.4. The second-order valence-corrected chi connectivity index (χ2v) is 6.71. The van der Waals surface area contributed by atoms with E-state index in [1.54, 1.807) is 6.08 Å². The summed E-state index contributed by atoms with van der Waals surface area (Å²) in [6, 6.07) is 0. The average Bonchev–Trinajstić information content (AvgIpc) is 2.77. The molecule has 4 nitrogen and oxygen atoms in total. The lowest BCUT2D eigenvalue weighted by Gasteiger charge is -2.24. The summed E-state index contributed by atoms with van der Waals surface area (Å²) in [5.74, 6) is 0.374. The summed E-state index contributed by atoms with van der Waals surface area (Å²) in [6.45, 7) is 1.98. The van der Waals surface area contributed by atoms with Gasteiger partial charge in [0.1, 0.15) is 0 Å². The molecule has 1 aliphatic carbocycles. The van der Waals surface area contributed by atoms with Gasteiger partial charge in [-0.1, -0.05) is 32.3 Å². The van der Waals surface area contributed by atoms with Crippen LogP contribution in [0.5, 0.6) is 0 Å². The predicted molar refractivity (Wildman–Crippen MR) is 88.6 cm³/mol. The Kier molecular flexibility index (Phi) is 9.76. The molecule has 0 aliphatic heterocycles. The first-order valence-electron chi connectivity index (χ1n) is 8.93. The van der Waals surface area contributed by atoms with Crippen LogP contribution in [-0.2, 0) is 0 Å². The Labute approximate surface area is 134 Å². The summed E-state index contributed by atoms with van der Waals surface area (Å²) in [6.07, 6.45) is 10.8. The molecule has 0 aromatic heterocycles. The van der Waals surface area contributed by atoms with Crippen LogP contribution < -0.4 is 0 Å². The van der Waals surface area contributed by atoms with Gasteiger partial charge in [-0.15, -0.1) is 0 Å². The molecule has 1 aliphatic rings. The van der Waals surface area contributed by atoms with E-state index in [9.17, 15) is 15.3 Å². The van der Waals surface area contributed by atoms with Crippen molar-refractivity contribution in [1.82, 2.24) is 0 Å². The Bertz CT molecular complexity index is 305. The van der Waals surface area contributed by atoms with Crippen molar-refractivity contribution in [2.24, 2.45) is 11.8 Å². The quantitative estimate of drug-likeness (QED) is 0.348. The van der Waals surface area contributed by atoms with E-state index in [2.05, 4.69) is 0 Å². The first kappa shape index (κ1) is 19.5. The van der Waals surface area contributed by atoms with Gasteiger partial charge in [0.25, 0.3) is 0 Å². The molecule has 0 bridgehead atoms. The van der Waals surface area contributed by atoms with Gasteiger partial charge in [-0.25, -0.2) is 0 Å². The maximum atomic E-state index is 10.2. The standard InChI is InChI=1S/C18H34O4/c1-2-14(20)9-8-11-16-15(17(21)13-18(16)22)10-6-4-3-5-7-12-19/h7,12,14-22H,2-6,8-11,13H2,1H3. The molecule has 1 saturated carbocycles. The molecule has 0 aromatic rings. The second kappa shape index (κ2) is 11.0. The van der Waals surface area contributed by atoms with Crippen LogP contribution in [0.4, 0.5) is 0 Å². The van der Waals surface area contributed by atoms with Crippen LogP contribution in [0.25, 0.3) is 0 Å². The number of hydrogen-bond acceptors (Lipinski definition) is 4. The molecular weight excluding hydrogens is 280 g/mol. The third-order valence-corrected chi connectivity index (χ3v) is 5.08. The van der Waals surface area contributed by atoms with Gasteiger partial charge in [-0.2, -0.15) is 0 Å². The lowest BCUT2D eigenvalue weighted by Crippen LogP contribution is -2.22. The fraction of sp³-hybridized carbons (Fsp3) is 0.889. The summed E-state index contributed by atoms with van der Waals surface area (Å²) in [4.78, 5) is 0. The molecule has 4 heteroatoms. The maximum absolute atomic E-state index is 10.2. The summed E-state index contributed by atoms with van der Waals surface area (Å²) < 4.78 is 0. The van der Waals surface area contributed by atoms with Gasteiger partial charge in [-0.3, -0.25) is 0 Å². The summed E-state index contributed by atoms with van der Waals surface area (Å²) in [7, 11) is 0. The number of aliphatic hydroxyl groups excluding tert-OH is 4.